The highest BCUT2D eigenvalue weighted by Crippen LogP contribution is 2.33. The van der Waals surface area contributed by atoms with Gasteiger partial charge in [0.05, 0.1) is 0 Å². The first kappa shape index (κ1) is 17.7. The van der Waals surface area contributed by atoms with Crippen LogP contribution in [0.4, 0.5) is 0 Å². The lowest BCUT2D eigenvalue weighted by Crippen LogP contribution is -2.00. The summed E-state index contributed by atoms with van der Waals surface area (Å²) < 4.78 is 2.14. The number of benzene rings is 2. The Balaban J connectivity index is 1.62. The fourth-order valence-electron chi connectivity index (χ4n) is 3.43. The number of aryl methyl sites for hydroxylation is 1. The molecule has 0 aliphatic carbocycles. The number of para-hydroxylation sites is 1. The number of rotatable bonds is 5. The van der Waals surface area contributed by atoms with Crippen molar-refractivity contribution >= 4 is 22.7 Å². The summed E-state index contributed by atoms with van der Waals surface area (Å²) in [5, 5.41) is 11.1. The van der Waals surface area contributed by atoms with Gasteiger partial charge in [-0.3, -0.25) is 9.55 Å². The molecule has 29 heavy (non-hydrogen) atoms. The number of nitrogens with zero attached hydrogens (tertiary/aromatic N) is 4. The first-order valence-electron chi connectivity index (χ1n) is 9.40. The maximum Gasteiger partial charge on any atom is 0.196 e. The van der Waals surface area contributed by atoms with Gasteiger partial charge >= 0.3 is 0 Å². The van der Waals surface area contributed by atoms with E-state index in [0.29, 0.717) is 0 Å². The molecule has 3 aromatic heterocycles. The van der Waals surface area contributed by atoms with Gasteiger partial charge in [0.1, 0.15) is 0 Å². The number of hydrogen-bond acceptors (Lipinski definition) is 4. The second-order valence-corrected chi connectivity index (χ2v) is 7.82. The molecule has 0 aliphatic rings. The van der Waals surface area contributed by atoms with Gasteiger partial charge in [0, 0.05) is 46.5 Å². The summed E-state index contributed by atoms with van der Waals surface area (Å²) >= 11 is 1.66. The van der Waals surface area contributed by atoms with Crippen LogP contribution in [0.2, 0.25) is 0 Å². The highest BCUT2D eigenvalue weighted by atomic mass is 32.2. The van der Waals surface area contributed by atoms with E-state index in [1.54, 1.807) is 18.0 Å². The van der Waals surface area contributed by atoms with Gasteiger partial charge in [0.15, 0.2) is 11.0 Å². The van der Waals surface area contributed by atoms with Crippen LogP contribution in [0.15, 0.2) is 84.4 Å². The zero-order valence-electron chi connectivity index (χ0n) is 15.9. The fourth-order valence-corrected chi connectivity index (χ4v) is 4.31. The Morgan fingerprint density at radius 2 is 1.93 bits per heavy atom. The monoisotopic (exact) mass is 397 g/mol. The maximum atomic E-state index is 4.58. The van der Waals surface area contributed by atoms with E-state index in [0.717, 1.165) is 44.5 Å². The van der Waals surface area contributed by atoms with Crippen molar-refractivity contribution in [2.45, 2.75) is 17.8 Å². The Kier molecular flexibility index (Phi) is 4.62. The molecule has 0 fully saturated rings. The molecule has 2 aromatic carbocycles. The number of pyridine rings is 1. The summed E-state index contributed by atoms with van der Waals surface area (Å²) in [6.45, 7) is 2.10. The van der Waals surface area contributed by atoms with Crippen LogP contribution in [-0.2, 0) is 5.75 Å². The van der Waals surface area contributed by atoms with Crippen LogP contribution in [-0.4, -0.2) is 24.7 Å². The lowest BCUT2D eigenvalue weighted by atomic mass is 10.1. The smallest absolute Gasteiger partial charge is 0.196 e. The minimum absolute atomic E-state index is 0.783. The number of thioether (sulfide) groups is 1. The van der Waals surface area contributed by atoms with Crippen molar-refractivity contribution in [1.82, 2.24) is 24.7 Å². The van der Waals surface area contributed by atoms with Crippen LogP contribution >= 0.6 is 11.8 Å². The predicted octanol–water partition coefficient (Wildman–Crippen LogP) is 5.41. The second kappa shape index (κ2) is 7.56. The minimum Gasteiger partial charge on any atom is -0.360 e. The Labute approximate surface area is 172 Å². The second-order valence-electron chi connectivity index (χ2n) is 6.88. The first-order valence-corrected chi connectivity index (χ1v) is 10.4. The molecule has 6 heteroatoms. The molecular weight excluding hydrogens is 378 g/mol. The molecule has 5 nitrogen and oxygen atoms in total. The van der Waals surface area contributed by atoms with Crippen LogP contribution in [0.5, 0.6) is 0 Å². The number of fused-ring (bicyclic) bond motifs is 1. The molecule has 0 atom stereocenters. The summed E-state index contributed by atoms with van der Waals surface area (Å²) in [6.07, 6.45) is 5.69. The van der Waals surface area contributed by atoms with E-state index in [9.17, 15) is 0 Å². The third-order valence-electron chi connectivity index (χ3n) is 4.81. The Bertz CT molecular complexity index is 1270. The lowest BCUT2D eigenvalue weighted by Gasteiger charge is -2.11. The zero-order valence-corrected chi connectivity index (χ0v) is 16.7. The molecule has 0 saturated heterocycles. The largest absolute Gasteiger partial charge is 0.360 e. The van der Waals surface area contributed by atoms with Crippen LogP contribution in [0.3, 0.4) is 0 Å². The van der Waals surface area contributed by atoms with Crippen molar-refractivity contribution in [3.8, 4) is 17.1 Å². The molecule has 0 aliphatic heterocycles. The van der Waals surface area contributed by atoms with E-state index >= 15 is 0 Å². The van der Waals surface area contributed by atoms with E-state index in [1.807, 2.05) is 30.6 Å². The Morgan fingerprint density at radius 1 is 1.00 bits per heavy atom. The van der Waals surface area contributed by atoms with Crippen molar-refractivity contribution in [3.05, 3.63) is 90.4 Å². The SMILES string of the molecule is Cc1cccc(-n2c(SCc3cccnc3)nnc2-c2c[nH]c3ccccc23)c1. The van der Waals surface area contributed by atoms with Crippen molar-refractivity contribution in [2.24, 2.45) is 0 Å². The van der Waals surface area contributed by atoms with Gasteiger partial charge in [0.2, 0.25) is 0 Å². The normalized spacial score (nSPS) is 11.2. The van der Waals surface area contributed by atoms with E-state index in [1.165, 1.54) is 5.56 Å². The number of nitrogens with one attached hydrogen (secondary N) is 1. The summed E-state index contributed by atoms with van der Waals surface area (Å²) in [6, 6.07) is 20.7. The lowest BCUT2D eigenvalue weighted by molar-refractivity contribution is 0.885. The average Bonchev–Trinajstić information content (AvgIpc) is 3.37. The Hall–Kier alpha value is -3.38. The van der Waals surface area contributed by atoms with Gasteiger partial charge in [-0.15, -0.1) is 10.2 Å². The molecule has 0 radical (unpaired) electrons. The van der Waals surface area contributed by atoms with Gasteiger partial charge in [-0.1, -0.05) is 48.2 Å². The first-order chi connectivity index (χ1) is 14.3. The molecule has 1 N–H and O–H groups in total. The number of aromatic nitrogens is 5. The molecule has 0 bridgehead atoms. The van der Waals surface area contributed by atoms with E-state index in [-0.39, 0.29) is 0 Å². The van der Waals surface area contributed by atoms with E-state index in [4.69, 9.17) is 0 Å². The van der Waals surface area contributed by atoms with Crippen LogP contribution in [0, 0.1) is 6.92 Å². The van der Waals surface area contributed by atoms with Crippen LogP contribution < -0.4 is 0 Å². The highest BCUT2D eigenvalue weighted by molar-refractivity contribution is 7.98. The average molecular weight is 398 g/mol. The summed E-state index contributed by atoms with van der Waals surface area (Å²) in [7, 11) is 0. The van der Waals surface area contributed by atoms with Gasteiger partial charge < -0.3 is 4.98 Å². The molecular formula is C23H19N5S. The minimum atomic E-state index is 0.783. The molecule has 0 spiro atoms. The highest BCUT2D eigenvalue weighted by Gasteiger charge is 2.19. The summed E-state index contributed by atoms with van der Waals surface area (Å²) in [5.41, 5.74) is 5.55. The molecule has 5 aromatic rings. The molecule has 0 unspecified atom stereocenters. The molecule has 0 amide bonds. The third kappa shape index (κ3) is 3.43. The van der Waals surface area contributed by atoms with Crippen molar-refractivity contribution in [1.29, 1.82) is 0 Å². The summed E-state index contributed by atoms with van der Waals surface area (Å²) in [5.74, 6) is 1.62. The Morgan fingerprint density at radius 3 is 2.79 bits per heavy atom. The topological polar surface area (TPSA) is 59.4 Å². The van der Waals surface area contributed by atoms with Crippen molar-refractivity contribution in [2.75, 3.05) is 0 Å². The van der Waals surface area contributed by atoms with Gasteiger partial charge in [-0.25, -0.2) is 0 Å². The number of aromatic amines is 1. The zero-order chi connectivity index (χ0) is 19.6. The quantitative estimate of drug-likeness (QED) is 0.403. The van der Waals surface area contributed by atoms with E-state index < -0.39 is 0 Å². The predicted molar refractivity (Wildman–Crippen MR) is 117 cm³/mol. The summed E-state index contributed by atoms with van der Waals surface area (Å²) in [4.78, 5) is 7.56. The van der Waals surface area contributed by atoms with Gasteiger partial charge in [-0.2, -0.15) is 0 Å². The van der Waals surface area contributed by atoms with E-state index in [2.05, 4.69) is 74.1 Å². The number of hydrogen-bond donors (Lipinski definition) is 1. The molecule has 5 rings (SSSR count). The maximum absolute atomic E-state index is 4.58. The van der Waals surface area contributed by atoms with Gasteiger partial charge in [-0.05, 0) is 42.3 Å². The van der Waals surface area contributed by atoms with Crippen LogP contribution in [0.1, 0.15) is 11.1 Å². The van der Waals surface area contributed by atoms with Crippen molar-refractivity contribution < 1.29 is 0 Å². The third-order valence-corrected chi connectivity index (χ3v) is 5.81. The molecule has 3 heterocycles. The standard InChI is InChI=1S/C23H19N5S/c1-16-6-4-8-18(12-16)28-22(20-14-25-21-10-3-2-9-19(20)21)26-27-23(28)29-15-17-7-5-11-24-13-17/h2-14,25H,15H2,1H3. The van der Waals surface area contributed by atoms with Crippen LogP contribution in [0.25, 0.3) is 28.0 Å². The fraction of sp³-hybridized carbons (Fsp3) is 0.0870. The van der Waals surface area contributed by atoms with Crippen molar-refractivity contribution in [3.63, 3.8) is 0 Å². The molecule has 0 saturated carbocycles. The number of H-pyrrole nitrogens is 1. The molecule has 142 valence electrons. The van der Waals surface area contributed by atoms with Gasteiger partial charge in [0.25, 0.3) is 0 Å².